The predicted octanol–water partition coefficient (Wildman–Crippen LogP) is 3.39. The number of carbonyl (C=O) groups excluding carboxylic acids is 2. The molecule has 0 unspecified atom stereocenters. The number of pyridine rings is 1. The number of amides is 2. The number of benzene rings is 1. The van der Waals surface area contributed by atoms with Crippen LogP contribution in [0.15, 0.2) is 48.9 Å². The lowest BCUT2D eigenvalue weighted by Crippen LogP contribution is -2.48. The van der Waals surface area contributed by atoms with Crippen LogP contribution in [-0.2, 0) is 0 Å². The maximum Gasteiger partial charge on any atom is 0.272 e. The van der Waals surface area contributed by atoms with Gasteiger partial charge in [0.25, 0.3) is 11.8 Å². The Morgan fingerprint density at radius 1 is 1.00 bits per heavy atom. The van der Waals surface area contributed by atoms with Gasteiger partial charge in [0.05, 0.1) is 40.6 Å². The molecule has 182 valence electrons. The fourth-order valence-corrected chi connectivity index (χ4v) is 3.92. The minimum absolute atomic E-state index is 0.0637. The highest BCUT2D eigenvalue weighted by Gasteiger charge is 2.22. The molecule has 0 atom stereocenters. The van der Waals surface area contributed by atoms with Crippen LogP contribution in [0, 0.1) is 0 Å². The first kappa shape index (κ1) is 24.4. The van der Waals surface area contributed by atoms with Crippen LogP contribution in [0.1, 0.15) is 34.2 Å². The molecule has 2 aromatic heterocycles. The maximum absolute atomic E-state index is 12.7. The number of aromatic nitrogens is 3. The summed E-state index contributed by atoms with van der Waals surface area (Å²) < 4.78 is 0. The molecule has 1 aliphatic rings. The van der Waals surface area contributed by atoms with Gasteiger partial charge in [0.15, 0.2) is 0 Å². The summed E-state index contributed by atoms with van der Waals surface area (Å²) in [5.74, 6) is -0.333. The Bertz CT molecular complexity index is 1180. The van der Waals surface area contributed by atoms with Gasteiger partial charge < -0.3 is 20.6 Å². The summed E-state index contributed by atoms with van der Waals surface area (Å²) in [7, 11) is 0. The Labute approximate surface area is 208 Å². The highest BCUT2D eigenvalue weighted by Crippen LogP contribution is 2.22. The first-order valence-corrected chi connectivity index (χ1v) is 11.7. The van der Waals surface area contributed by atoms with E-state index in [4.69, 9.17) is 11.6 Å². The van der Waals surface area contributed by atoms with E-state index in [-0.39, 0.29) is 22.2 Å². The first-order chi connectivity index (χ1) is 16.9. The molecule has 1 aromatic carbocycles. The lowest BCUT2D eigenvalue weighted by molar-refractivity contribution is 0.0631. The van der Waals surface area contributed by atoms with Gasteiger partial charge >= 0.3 is 0 Å². The molecule has 35 heavy (non-hydrogen) atoms. The van der Waals surface area contributed by atoms with Crippen LogP contribution < -0.4 is 10.6 Å². The summed E-state index contributed by atoms with van der Waals surface area (Å²) >= 11 is 6.02. The lowest BCUT2D eigenvalue weighted by atomic mass is 10.2. The Morgan fingerprint density at radius 2 is 1.71 bits per heavy atom. The van der Waals surface area contributed by atoms with E-state index >= 15 is 0 Å². The van der Waals surface area contributed by atoms with E-state index in [1.165, 1.54) is 30.6 Å². The zero-order valence-electron chi connectivity index (χ0n) is 19.2. The van der Waals surface area contributed by atoms with Gasteiger partial charge in [0.2, 0.25) is 5.95 Å². The number of nitrogens with zero attached hydrogens (tertiary/aromatic N) is 5. The second-order valence-corrected chi connectivity index (χ2v) is 8.51. The minimum Gasteiger partial charge on any atom is -0.508 e. The number of anilines is 3. The monoisotopic (exact) mass is 495 g/mol. The zero-order valence-corrected chi connectivity index (χ0v) is 20.0. The lowest BCUT2D eigenvalue weighted by Gasteiger charge is -2.34. The van der Waals surface area contributed by atoms with E-state index in [0.717, 1.165) is 26.1 Å². The highest BCUT2D eigenvalue weighted by molar-refractivity contribution is 6.34. The third-order valence-electron chi connectivity index (χ3n) is 5.54. The van der Waals surface area contributed by atoms with Gasteiger partial charge in [-0.05, 0) is 43.3 Å². The van der Waals surface area contributed by atoms with Crippen molar-refractivity contribution in [3.05, 3.63) is 65.2 Å². The smallest absolute Gasteiger partial charge is 0.272 e. The van der Waals surface area contributed by atoms with Crippen LogP contribution in [0.3, 0.4) is 0 Å². The second kappa shape index (κ2) is 11.1. The molecule has 3 aromatic rings. The predicted molar refractivity (Wildman–Crippen MR) is 133 cm³/mol. The molecule has 0 aliphatic carbocycles. The summed E-state index contributed by atoms with van der Waals surface area (Å²) in [6.45, 7) is 6.39. The largest absolute Gasteiger partial charge is 0.508 e. The van der Waals surface area contributed by atoms with Crippen LogP contribution >= 0.6 is 11.6 Å². The van der Waals surface area contributed by atoms with Crippen molar-refractivity contribution in [1.29, 1.82) is 0 Å². The Balaban J connectivity index is 1.32. The van der Waals surface area contributed by atoms with Crippen molar-refractivity contribution in [1.82, 2.24) is 24.8 Å². The number of halogens is 1. The van der Waals surface area contributed by atoms with Crippen molar-refractivity contribution >= 4 is 40.7 Å². The number of piperazine rings is 1. The van der Waals surface area contributed by atoms with E-state index in [9.17, 15) is 14.7 Å². The van der Waals surface area contributed by atoms with Gasteiger partial charge in [-0.1, -0.05) is 18.5 Å². The van der Waals surface area contributed by atoms with E-state index in [2.05, 4.69) is 37.4 Å². The number of hydrogen-bond acceptors (Lipinski definition) is 8. The molecule has 2 amide bonds. The van der Waals surface area contributed by atoms with Crippen molar-refractivity contribution in [3.63, 3.8) is 0 Å². The molecule has 10 nitrogen and oxygen atoms in total. The van der Waals surface area contributed by atoms with Gasteiger partial charge in [-0.15, -0.1) is 0 Å². The van der Waals surface area contributed by atoms with E-state index in [1.807, 2.05) is 4.90 Å². The van der Waals surface area contributed by atoms with Crippen LogP contribution in [0.5, 0.6) is 5.75 Å². The molecule has 1 aliphatic heterocycles. The van der Waals surface area contributed by atoms with Crippen LogP contribution in [0.4, 0.5) is 17.3 Å². The maximum atomic E-state index is 12.7. The Hall–Kier alpha value is -3.76. The molecule has 0 saturated carbocycles. The van der Waals surface area contributed by atoms with Crippen molar-refractivity contribution in [2.24, 2.45) is 0 Å². The molecule has 1 saturated heterocycles. The standard InChI is InChI=1S/C24H26ClN7O3/c1-2-7-31-8-10-32(11-9-31)23(35)21-6-3-16(13-26-21)30-24-27-14-17(15-28-24)29-22(34)19-12-18(33)4-5-20(19)25/h3-6,12-15,33H,2,7-11H2,1H3,(H,29,34)(H,27,28,30). The van der Waals surface area contributed by atoms with Gasteiger partial charge in [0, 0.05) is 26.2 Å². The van der Waals surface area contributed by atoms with Gasteiger partial charge in [-0.25, -0.2) is 15.0 Å². The van der Waals surface area contributed by atoms with E-state index < -0.39 is 5.91 Å². The van der Waals surface area contributed by atoms with E-state index in [1.54, 1.807) is 18.3 Å². The third kappa shape index (κ3) is 6.23. The van der Waals surface area contributed by atoms with Crippen molar-refractivity contribution in [2.45, 2.75) is 13.3 Å². The van der Waals surface area contributed by atoms with Gasteiger partial charge in [-0.3, -0.25) is 14.5 Å². The van der Waals surface area contributed by atoms with Gasteiger partial charge in [-0.2, -0.15) is 0 Å². The molecule has 11 heteroatoms. The van der Waals surface area contributed by atoms with E-state index in [0.29, 0.717) is 36.1 Å². The molecule has 1 fully saturated rings. The number of phenols is 1. The average molecular weight is 496 g/mol. The van der Waals surface area contributed by atoms with Crippen LogP contribution in [0.2, 0.25) is 5.02 Å². The molecule has 0 radical (unpaired) electrons. The summed E-state index contributed by atoms with van der Waals surface area (Å²) in [5.41, 5.74) is 1.51. The normalized spacial score (nSPS) is 13.9. The molecule has 4 rings (SSSR count). The van der Waals surface area contributed by atoms with Crippen molar-refractivity contribution in [2.75, 3.05) is 43.4 Å². The first-order valence-electron chi connectivity index (χ1n) is 11.3. The summed E-state index contributed by atoms with van der Waals surface area (Å²) in [6, 6.07) is 7.54. The van der Waals surface area contributed by atoms with Crippen LogP contribution in [0.25, 0.3) is 0 Å². The molecule has 3 N–H and O–H groups in total. The second-order valence-electron chi connectivity index (χ2n) is 8.10. The summed E-state index contributed by atoms with van der Waals surface area (Å²) in [5, 5.41) is 15.4. The fraction of sp³-hybridized carbons (Fsp3) is 0.292. The highest BCUT2D eigenvalue weighted by atomic mass is 35.5. The number of nitrogens with one attached hydrogen (secondary N) is 2. The number of aromatic hydroxyl groups is 1. The number of phenolic OH excluding ortho intramolecular Hbond substituents is 1. The third-order valence-corrected chi connectivity index (χ3v) is 5.87. The minimum atomic E-state index is -0.494. The quantitative estimate of drug-likeness (QED) is 0.455. The molecule has 3 heterocycles. The fourth-order valence-electron chi connectivity index (χ4n) is 3.72. The Morgan fingerprint density at radius 3 is 2.37 bits per heavy atom. The topological polar surface area (TPSA) is 124 Å². The molecular formula is C24H26ClN7O3. The van der Waals surface area contributed by atoms with Gasteiger partial charge in [0.1, 0.15) is 11.4 Å². The van der Waals surface area contributed by atoms with Crippen LogP contribution in [-0.4, -0.2) is 74.4 Å². The molecule has 0 bridgehead atoms. The zero-order chi connectivity index (χ0) is 24.8. The molecular weight excluding hydrogens is 470 g/mol. The summed E-state index contributed by atoms with van der Waals surface area (Å²) in [4.78, 5) is 42.0. The number of rotatable bonds is 7. The average Bonchev–Trinajstić information content (AvgIpc) is 2.87. The Kier molecular flexibility index (Phi) is 7.74. The number of carbonyl (C=O) groups is 2. The SMILES string of the molecule is CCCN1CCN(C(=O)c2ccc(Nc3ncc(NC(=O)c4cc(O)ccc4Cl)cn3)cn2)CC1. The van der Waals surface area contributed by atoms with Crippen molar-refractivity contribution in [3.8, 4) is 5.75 Å². The van der Waals surface area contributed by atoms with Crippen molar-refractivity contribution < 1.29 is 14.7 Å². The number of hydrogen-bond donors (Lipinski definition) is 3. The molecule has 0 spiro atoms. The summed E-state index contributed by atoms with van der Waals surface area (Å²) in [6.07, 6.45) is 5.55.